The average Bonchev–Trinajstić information content (AvgIpc) is 3.35. The first-order chi connectivity index (χ1) is 13.2. The fourth-order valence-electron chi connectivity index (χ4n) is 4.03. The Morgan fingerprint density at radius 3 is 2.85 bits per heavy atom. The van der Waals surface area contributed by atoms with Gasteiger partial charge in [0.15, 0.2) is 5.65 Å². The van der Waals surface area contributed by atoms with Crippen LogP contribution in [0.2, 0.25) is 0 Å². The fraction of sp³-hybridized carbons (Fsp3) is 0.300. The van der Waals surface area contributed by atoms with Crippen LogP contribution in [0.25, 0.3) is 16.7 Å². The van der Waals surface area contributed by atoms with Crippen LogP contribution >= 0.6 is 0 Å². The second-order valence-corrected chi connectivity index (χ2v) is 7.21. The number of carbonyl (C=O) groups is 1. The number of nitrogens with one attached hydrogen (secondary N) is 1. The molecule has 1 saturated heterocycles. The van der Waals surface area contributed by atoms with Crippen LogP contribution in [0.15, 0.2) is 49.2 Å². The molecule has 27 heavy (non-hydrogen) atoms. The van der Waals surface area contributed by atoms with Crippen molar-refractivity contribution < 1.29 is 4.79 Å². The molecule has 1 aliphatic heterocycles. The normalized spacial score (nSPS) is 20.4. The van der Waals surface area contributed by atoms with Gasteiger partial charge in [-0.15, -0.1) is 0 Å². The number of amides is 1. The predicted octanol–water partition coefficient (Wildman–Crippen LogP) is 2.87. The number of hydrogen-bond donors (Lipinski definition) is 1. The second kappa shape index (κ2) is 6.19. The van der Waals surface area contributed by atoms with E-state index in [-0.39, 0.29) is 11.8 Å². The molecule has 0 aromatic carbocycles. The van der Waals surface area contributed by atoms with E-state index in [2.05, 4.69) is 26.3 Å². The number of carbonyl (C=O) groups excluding carboxylic acids is 1. The van der Waals surface area contributed by atoms with Gasteiger partial charge in [0.05, 0.1) is 23.4 Å². The summed E-state index contributed by atoms with van der Waals surface area (Å²) in [7, 11) is 0. The number of nitrogens with zero attached hydrogens (tertiary/aromatic N) is 5. The number of piperidine rings is 1. The van der Waals surface area contributed by atoms with Crippen LogP contribution in [-0.2, 0) is 0 Å². The molecule has 0 saturated carbocycles. The largest absolute Gasteiger partial charge is 0.345 e. The fourth-order valence-corrected chi connectivity index (χ4v) is 4.03. The molecule has 4 aromatic heterocycles. The number of hydrogen-bond acceptors (Lipinski definition) is 4. The molecule has 136 valence electrons. The molecule has 5 heterocycles. The van der Waals surface area contributed by atoms with E-state index in [0.717, 1.165) is 35.5 Å². The van der Waals surface area contributed by atoms with Crippen LogP contribution in [0.4, 0.5) is 0 Å². The van der Waals surface area contributed by atoms with Gasteiger partial charge in [0.2, 0.25) is 0 Å². The summed E-state index contributed by atoms with van der Waals surface area (Å²) >= 11 is 0. The lowest BCUT2D eigenvalue weighted by molar-refractivity contribution is 0.0665. The van der Waals surface area contributed by atoms with Gasteiger partial charge in [-0.2, -0.15) is 0 Å². The van der Waals surface area contributed by atoms with E-state index in [1.165, 1.54) is 0 Å². The molecule has 5 rings (SSSR count). The number of fused-ring (bicyclic) bond motifs is 3. The molecule has 0 aliphatic carbocycles. The third-order valence-electron chi connectivity index (χ3n) is 5.59. The Labute approximate surface area is 156 Å². The number of aromatic amines is 1. The second-order valence-electron chi connectivity index (χ2n) is 7.21. The minimum atomic E-state index is 0.0589. The molecule has 2 atom stereocenters. The standard InChI is InChI=1S/C20H20N6O/c1-13-5-9-25(20(27)14-2-6-21-7-3-14)12-16(13)19-24-11-15-10-23-18-17(26(15)19)4-8-22-18/h2-4,6-8,10-11,13,16,22H,5,9,12H2,1H3/t13-,16+/m0/s1. The Kier molecular flexibility index (Phi) is 3.67. The number of aromatic nitrogens is 5. The van der Waals surface area contributed by atoms with Crippen molar-refractivity contribution in [1.82, 2.24) is 29.2 Å². The summed E-state index contributed by atoms with van der Waals surface area (Å²) in [4.78, 5) is 31.2. The Morgan fingerprint density at radius 2 is 2.00 bits per heavy atom. The van der Waals surface area contributed by atoms with Gasteiger partial charge in [0.1, 0.15) is 5.82 Å². The van der Waals surface area contributed by atoms with Crippen molar-refractivity contribution in [2.45, 2.75) is 19.3 Å². The lowest BCUT2D eigenvalue weighted by atomic mass is 9.86. The van der Waals surface area contributed by atoms with Crippen LogP contribution in [-0.4, -0.2) is 48.2 Å². The molecule has 0 unspecified atom stereocenters. The van der Waals surface area contributed by atoms with Crippen molar-refractivity contribution in [3.63, 3.8) is 0 Å². The van der Waals surface area contributed by atoms with Crippen molar-refractivity contribution in [1.29, 1.82) is 0 Å². The highest BCUT2D eigenvalue weighted by Crippen LogP contribution is 2.33. The van der Waals surface area contributed by atoms with Crippen LogP contribution in [0.3, 0.4) is 0 Å². The lowest BCUT2D eigenvalue weighted by Gasteiger charge is -2.36. The van der Waals surface area contributed by atoms with E-state index in [1.807, 2.05) is 29.6 Å². The van der Waals surface area contributed by atoms with Gasteiger partial charge in [-0.1, -0.05) is 6.92 Å². The highest BCUT2D eigenvalue weighted by Gasteiger charge is 2.33. The Bertz CT molecular complexity index is 1120. The monoisotopic (exact) mass is 360 g/mol. The minimum absolute atomic E-state index is 0.0589. The molecule has 1 fully saturated rings. The summed E-state index contributed by atoms with van der Waals surface area (Å²) in [5.74, 6) is 1.67. The van der Waals surface area contributed by atoms with E-state index < -0.39 is 0 Å². The molecular formula is C20H20N6O. The Hall–Kier alpha value is -3.22. The molecule has 0 spiro atoms. The van der Waals surface area contributed by atoms with Crippen LogP contribution in [0.5, 0.6) is 0 Å². The summed E-state index contributed by atoms with van der Waals surface area (Å²) < 4.78 is 2.17. The highest BCUT2D eigenvalue weighted by molar-refractivity contribution is 5.94. The lowest BCUT2D eigenvalue weighted by Crippen LogP contribution is -2.42. The van der Waals surface area contributed by atoms with Gasteiger partial charge in [-0.25, -0.2) is 9.97 Å². The summed E-state index contributed by atoms with van der Waals surface area (Å²) in [6, 6.07) is 5.57. The maximum Gasteiger partial charge on any atom is 0.253 e. The van der Waals surface area contributed by atoms with Crippen molar-refractivity contribution in [2.24, 2.45) is 5.92 Å². The van der Waals surface area contributed by atoms with Crippen molar-refractivity contribution in [3.8, 4) is 0 Å². The van der Waals surface area contributed by atoms with E-state index in [1.54, 1.807) is 24.5 Å². The molecular weight excluding hydrogens is 340 g/mol. The average molecular weight is 360 g/mol. The first-order valence-corrected chi connectivity index (χ1v) is 9.21. The first-order valence-electron chi connectivity index (χ1n) is 9.21. The number of pyridine rings is 1. The van der Waals surface area contributed by atoms with Gasteiger partial charge in [-0.3, -0.25) is 14.2 Å². The molecule has 1 N–H and O–H groups in total. The quantitative estimate of drug-likeness (QED) is 0.596. The summed E-state index contributed by atoms with van der Waals surface area (Å²) in [5.41, 5.74) is 3.52. The van der Waals surface area contributed by atoms with E-state index in [4.69, 9.17) is 4.98 Å². The van der Waals surface area contributed by atoms with E-state index in [9.17, 15) is 4.79 Å². The first kappa shape index (κ1) is 16.0. The number of likely N-dealkylation sites (tertiary alicyclic amines) is 1. The predicted molar refractivity (Wildman–Crippen MR) is 102 cm³/mol. The molecule has 7 nitrogen and oxygen atoms in total. The van der Waals surface area contributed by atoms with Gasteiger partial charge in [-0.05, 0) is 30.5 Å². The van der Waals surface area contributed by atoms with Gasteiger partial charge in [0.25, 0.3) is 5.91 Å². The number of imidazole rings is 1. The summed E-state index contributed by atoms with van der Waals surface area (Å²) in [5, 5.41) is 0. The Morgan fingerprint density at radius 1 is 1.19 bits per heavy atom. The van der Waals surface area contributed by atoms with Gasteiger partial charge < -0.3 is 9.88 Å². The van der Waals surface area contributed by atoms with Crippen LogP contribution in [0.1, 0.15) is 35.4 Å². The SMILES string of the molecule is C[C@H]1CCN(C(=O)c2ccncc2)C[C@H]1c1ncc2cnc3[nH]ccc3n12. The maximum absolute atomic E-state index is 12.9. The van der Waals surface area contributed by atoms with Crippen molar-refractivity contribution in [3.05, 3.63) is 60.6 Å². The maximum atomic E-state index is 12.9. The summed E-state index contributed by atoms with van der Waals surface area (Å²) in [6.07, 6.45) is 9.88. The third kappa shape index (κ3) is 2.58. The molecule has 1 aliphatic rings. The van der Waals surface area contributed by atoms with Gasteiger partial charge in [0, 0.05) is 43.2 Å². The molecule has 1 amide bonds. The molecule has 4 aromatic rings. The zero-order valence-electron chi connectivity index (χ0n) is 15.0. The minimum Gasteiger partial charge on any atom is -0.345 e. The van der Waals surface area contributed by atoms with E-state index in [0.29, 0.717) is 18.0 Å². The third-order valence-corrected chi connectivity index (χ3v) is 5.59. The van der Waals surface area contributed by atoms with E-state index >= 15 is 0 Å². The van der Waals surface area contributed by atoms with Gasteiger partial charge >= 0.3 is 0 Å². The molecule has 7 heteroatoms. The summed E-state index contributed by atoms with van der Waals surface area (Å²) in [6.45, 7) is 3.68. The zero-order valence-corrected chi connectivity index (χ0v) is 15.0. The molecule has 0 bridgehead atoms. The topological polar surface area (TPSA) is 79.2 Å². The van der Waals surface area contributed by atoms with Crippen LogP contribution in [0, 0.1) is 5.92 Å². The number of H-pyrrole nitrogens is 1. The zero-order chi connectivity index (χ0) is 18.4. The number of rotatable bonds is 2. The van der Waals surface area contributed by atoms with Crippen molar-refractivity contribution in [2.75, 3.05) is 13.1 Å². The van der Waals surface area contributed by atoms with Crippen molar-refractivity contribution >= 4 is 22.6 Å². The van der Waals surface area contributed by atoms with Crippen LogP contribution < -0.4 is 0 Å². The molecule has 0 radical (unpaired) electrons. The Balaban J connectivity index is 1.53. The highest BCUT2D eigenvalue weighted by atomic mass is 16.2. The smallest absolute Gasteiger partial charge is 0.253 e.